The Balaban J connectivity index is 1.28. The molecule has 5 heteroatoms. The zero-order valence-electron chi connectivity index (χ0n) is 15.9. The van der Waals surface area contributed by atoms with Crippen LogP contribution in [0.15, 0.2) is 24.3 Å². The van der Waals surface area contributed by atoms with Crippen molar-refractivity contribution in [2.75, 3.05) is 45.9 Å². The fraction of sp³-hybridized carbons (Fsp3) is 0.667. The maximum atomic E-state index is 12.6. The van der Waals surface area contributed by atoms with Gasteiger partial charge in [-0.25, -0.2) is 4.79 Å². The number of aryl methyl sites for hydroxylation is 1. The van der Waals surface area contributed by atoms with E-state index in [-0.39, 0.29) is 6.03 Å². The first-order chi connectivity index (χ1) is 12.7. The number of carbonyl (C=O) groups is 1. The zero-order chi connectivity index (χ0) is 18.0. The lowest BCUT2D eigenvalue weighted by molar-refractivity contribution is 0.0206. The second-order valence-corrected chi connectivity index (χ2v) is 8.11. The summed E-state index contributed by atoms with van der Waals surface area (Å²) in [5, 5.41) is 3.15. The van der Waals surface area contributed by atoms with Crippen LogP contribution in [-0.4, -0.2) is 67.8 Å². The molecule has 2 aliphatic heterocycles. The van der Waals surface area contributed by atoms with Crippen LogP contribution in [0.2, 0.25) is 0 Å². The molecule has 1 aromatic carbocycles. The molecule has 5 nitrogen and oxygen atoms in total. The van der Waals surface area contributed by atoms with E-state index in [0.29, 0.717) is 18.0 Å². The van der Waals surface area contributed by atoms with Gasteiger partial charge in [0.05, 0.1) is 13.2 Å². The molecule has 1 aromatic rings. The molecule has 3 aliphatic rings. The summed E-state index contributed by atoms with van der Waals surface area (Å²) in [5.41, 5.74) is 3.37. The van der Waals surface area contributed by atoms with Crippen LogP contribution in [0.4, 0.5) is 4.79 Å². The Morgan fingerprint density at radius 1 is 1.15 bits per heavy atom. The number of fused-ring (bicyclic) bond motifs is 2. The SMILES string of the molecule is CC(CNC(=O)N1CCC2(CCc3ccccc32)CC1)N1CCOCC1. The van der Waals surface area contributed by atoms with Crippen molar-refractivity contribution in [2.24, 2.45) is 0 Å². The number of benzene rings is 1. The molecule has 142 valence electrons. The van der Waals surface area contributed by atoms with Crippen molar-refractivity contribution in [3.05, 3.63) is 35.4 Å². The molecule has 1 aliphatic carbocycles. The van der Waals surface area contributed by atoms with Crippen molar-refractivity contribution >= 4 is 6.03 Å². The number of nitrogens with one attached hydrogen (secondary N) is 1. The van der Waals surface area contributed by atoms with Crippen LogP contribution >= 0.6 is 0 Å². The molecule has 26 heavy (non-hydrogen) atoms. The number of urea groups is 1. The average molecular weight is 357 g/mol. The van der Waals surface area contributed by atoms with Crippen LogP contribution in [0.3, 0.4) is 0 Å². The molecular weight excluding hydrogens is 326 g/mol. The Labute approximate surface area is 156 Å². The summed E-state index contributed by atoms with van der Waals surface area (Å²) in [6.07, 6.45) is 4.63. The minimum atomic E-state index is 0.103. The molecule has 1 unspecified atom stereocenters. The molecule has 1 N–H and O–H groups in total. The van der Waals surface area contributed by atoms with Crippen LogP contribution in [0.1, 0.15) is 37.3 Å². The first-order valence-electron chi connectivity index (χ1n) is 10.1. The van der Waals surface area contributed by atoms with Gasteiger partial charge >= 0.3 is 6.03 Å². The molecule has 2 amide bonds. The summed E-state index contributed by atoms with van der Waals surface area (Å²) in [6.45, 7) is 8.15. The van der Waals surface area contributed by atoms with E-state index < -0.39 is 0 Å². The van der Waals surface area contributed by atoms with Crippen molar-refractivity contribution in [1.29, 1.82) is 0 Å². The van der Waals surface area contributed by atoms with E-state index in [0.717, 1.165) is 52.2 Å². The maximum absolute atomic E-state index is 12.6. The number of amides is 2. The van der Waals surface area contributed by atoms with Gasteiger partial charge in [-0.2, -0.15) is 0 Å². The van der Waals surface area contributed by atoms with E-state index in [4.69, 9.17) is 4.74 Å². The highest BCUT2D eigenvalue weighted by Crippen LogP contribution is 2.46. The molecule has 4 rings (SSSR count). The summed E-state index contributed by atoms with van der Waals surface area (Å²) in [4.78, 5) is 17.0. The highest BCUT2D eigenvalue weighted by molar-refractivity contribution is 5.74. The summed E-state index contributed by atoms with van der Waals surface area (Å²) >= 11 is 0. The van der Waals surface area contributed by atoms with Gasteiger partial charge in [-0.1, -0.05) is 24.3 Å². The van der Waals surface area contributed by atoms with Gasteiger partial charge in [0, 0.05) is 38.8 Å². The summed E-state index contributed by atoms with van der Waals surface area (Å²) in [5.74, 6) is 0. The number of hydrogen-bond donors (Lipinski definition) is 1. The number of ether oxygens (including phenoxy) is 1. The summed E-state index contributed by atoms with van der Waals surface area (Å²) in [7, 11) is 0. The molecule has 1 spiro atoms. The molecule has 0 bridgehead atoms. The van der Waals surface area contributed by atoms with E-state index in [9.17, 15) is 4.79 Å². The Morgan fingerprint density at radius 2 is 1.88 bits per heavy atom. The Kier molecular flexibility index (Phi) is 5.18. The quantitative estimate of drug-likeness (QED) is 0.903. The van der Waals surface area contributed by atoms with Gasteiger partial charge in [-0.05, 0) is 49.1 Å². The number of nitrogens with zero attached hydrogens (tertiary/aromatic N) is 2. The Bertz CT molecular complexity index is 634. The smallest absolute Gasteiger partial charge is 0.317 e. The molecule has 2 fully saturated rings. The highest BCUT2D eigenvalue weighted by Gasteiger charge is 2.41. The summed E-state index contributed by atoms with van der Waals surface area (Å²) in [6, 6.07) is 9.36. The van der Waals surface area contributed by atoms with Gasteiger partial charge in [-0.3, -0.25) is 4.90 Å². The molecule has 2 heterocycles. The van der Waals surface area contributed by atoms with Crippen LogP contribution in [0, 0.1) is 0 Å². The average Bonchev–Trinajstić information content (AvgIpc) is 3.05. The van der Waals surface area contributed by atoms with E-state index in [1.807, 2.05) is 4.90 Å². The standard InChI is InChI=1S/C21H31N3O2/c1-17(23-12-14-26-15-13-23)16-22-20(25)24-10-8-21(9-11-24)7-6-18-4-2-3-5-19(18)21/h2-5,17H,6-16H2,1H3,(H,22,25). The summed E-state index contributed by atoms with van der Waals surface area (Å²) < 4.78 is 5.40. The first kappa shape index (κ1) is 17.8. The number of piperidine rings is 1. The number of hydrogen-bond acceptors (Lipinski definition) is 3. The van der Waals surface area contributed by atoms with Crippen LogP contribution < -0.4 is 5.32 Å². The predicted molar refractivity (Wildman–Crippen MR) is 103 cm³/mol. The third kappa shape index (κ3) is 3.47. The first-order valence-corrected chi connectivity index (χ1v) is 10.1. The van der Waals surface area contributed by atoms with E-state index in [1.54, 1.807) is 5.56 Å². The zero-order valence-corrected chi connectivity index (χ0v) is 15.9. The number of carbonyl (C=O) groups excluding carboxylic acids is 1. The molecule has 1 atom stereocenters. The monoisotopic (exact) mass is 357 g/mol. The topological polar surface area (TPSA) is 44.8 Å². The lowest BCUT2D eigenvalue weighted by Gasteiger charge is -2.40. The van der Waals surface area contributed by atoms with E-state index in [2.05, 4.69) is 41.4 Å². The van der Waals surface area contributed by atoms with Crippen molar-refractivity contribution < 1.29 is 9.53 Å². The molecule has 0 saturated carbocycles. The lowest BCUT2D eigenvalue weighted by Crippen LogP contribution is -2.52. The third-order valence-electron chi connectivity index (χ3n) is 6.69. The van der Waals surface area contributed by atoms with Crippen LogP contribution in [0.25, 0.3) is 0 Å². The normalized spacial score (nSPS) is 23.7. The number of likely N-dealkylation sites (tertiary alicyclic amines) is 1. The maximum Gasteiger partial charge on any atom is 0.317 e. The van der Waals surface area contributed by atoms with Crippen molar-refractivity contribution in [2.45, 2.75) is 44.1 Å². The van der Waals surface area contributed by atoms with Crippen LogP contribution in [-0.2, 0) is 16.6 Å². The third-order valence-corrected chi connectivity index (χ3v) is 6.69. The minimum absolute atomic E-state index is 0.103. The molecule has 0 aromatic heterocycles. The number of morpholine rings is 1. The molecule has 2 saturated heterocycles. The van der Waals surface area contributed by atoms with Gasteiger partial charge in [0.2, 0.25) is 0 Å². The van der Waals surface area contributed by atoms with Crippen molar-refractivity contribution in [3.8, 4) is 0 Å². The van der Waals surface area contributed by atoms with Gasteiger partial charge in [-0.15, -0.1) is 0 Å². The van der Waals surface area contributed by atoms with Gasteiger partial charge in [0.25, 0.3) is 0 Å². The van der Waals surface area contributed by atoms with Crippen LogP contribution in [0.5, 0.6) is 0 Å². The van der Waals surface area contributed by atoms with Gasteiger partial charge in [0.1, 0.15) is 0 Å². The van der Waals surface area contributed by atoms with Gasteiger partial charge in [0.15, 0.2) is 0 Å². The minimum Gasteiger partial charge on any atom is -0.379 e. The number of rotatable bonds is 3. The Morgan fingerprint density at radius 3 is 2.65 bits per heavy atom. The van der Waals surface area contributed by atoms with Crippen molar-refractivity contribution in [1.82, 2.24) is 15.1 Å². The second-order valence-electron chi connectivity index (χ2n) is 8.11. The Hall–Kier alpha value is -1.59. The molecular formula is C21H31N3O2. The van der Waals surface area contributed by atoms with Gasteiger partial charge < -0.3 is 15.0 Å². The second kappa shape index (κ2) is 7.57. The van der Waals surface area contributed by atoms with Crippen molar-refractivity contribution in [3.63, 3.8) is 0 Å². The van der Waals surface area contributed by atoms with E-state index in [1.165, 1.54) is 18.4 Å². The van der Waals surface area contributed by atoms with E-state index >= 15 is 0 Å². The largest absolute Gasteiger partial charge is 0.379 e. The fourth-order valence-electron chi connectivity index (χ4n) is 4.92. The lowest BCUT2D eigenvalue weighted by atomic mass is 9.74. The molecule has 0 radical (unpaired) electrons. The predicted octanol–water partition coefficient (Wildman–Crippen LogP) is 2.40. The highest BCUT2D eigenvalue weighted by atomic mass is 16.5. The fourth-order valence-corrected chi connectivity index (χ4v) is 4.92.